The molecule has 0 aromatic heterocycles. The van der Waals surface area contributed by atoms with Crippen LogP contribution in [0.3, 0.4) is 0 Å². The summed E-state index contributed by atoms with van der Waals surface area (Å²) in [5.74, 6) is 0.195. The lowest BCUT2D eigenvalue weighted by Gasteiger charge is -2.23. The van der Waals surface area contributed by atoms with Gasteiger partial charge < -0.3 is 10.1 Å². The van der Waals surface area contributed by atoms with Gasteiger partial charge in [0.05, 0.1) is 18.5 Å². The smallest absolute Gasteiger partial charge is 0.262 e. The first kappa shape index (κ1) is 24.6. The molecule has 0 aliphatic carbocycles. The van der Waals surface area contributed by atoms with Crippen molar-refractivity contribution in [3.05, 3.63) is 88.4 Å². The number of halogens is 1. The zero-order valence-corrected chi connectivity index (χ0v) is 20.4. The highest BCUT2D eigenvalue weighted by Gasteiger charge is 2.19. The zero-order chi connectivity index (χ0) is 24.0. The standard InChI is InChI=1S/C25H27ClN2O4S/c1-4-19-10-7-8-18(2)25(19)27-24(29)17-32-22-14-12-21(13-15-22)28(33(3,30)31)16-20-9-5-6-11-23(20)26/h5-15H,4,16-17H2,1-3H3,(H,27,29). The normalized spacial score (nSPS) is 11.2. The van der Waals surface area contributed by atoms with Gasteiger partial charge >= 0.3 is 0 Å². The van der Waals surface area contributed by atoms with E-state index in [0.717, 1.165) is 29.5 Å². The first-order valence-corrected chi connectivity index (χ1v) is 12.7. The van der Waals surface area contributed by atoms with Crippen LogP contribution in [0.1, 0.15) is 23.6 Å². The summed E-state index contributed by atoms with van der Waals surface area (Å²) in [7, 11) is -3.55. The van der Waals surface area contributed by atoms with Gasteiger partial charge in [-0.1, -0.05) is 54.9 Å². The molecular formula is C25H27ClN2O4S. The van der Waals surface area contributed by atoms with Crippen LogP contribution in [0.5, 0.6) is 5.75 Å². The molecule has 0 aliphatic rings. The minimum absolute atomic E-state index is 0.108. The molecule has 0 spiro atoms. The van der Waals surface area contributed by atoms with Gasteiger partial charge in [0.25, 0.3) is 5.91 Å². The summed E-state index contributed by atoms with van der Waals surface area (Å²) in [6, 6.07) is 19.6. The summed E-state index contributed by atoms with van der Waals surface area (Å²) >= 11 is 6.21. The SMILES string of the molecule is CCc1cccc(C)c1NC(=O)COc1ccc(N(Cc2ccccc2Cl)S(C)(=O)=O)cc1. The van der Waals surface area contributed by atoms with Gasteiger partial charge in [0.15, 0.2) is 6.61 Å². The van der Waals surface area contributed by atoms with E-state index in [9.17, 15) is 13.2 Å². The lowest BCUT2D eigenvalue weighted by atomic mass is 10.1. The molecule has 3 rings (SSSR count). The highest BCUT2D eigenvalue weighted by Crippen LogP contribution is 2.26. The van der Waals surface area contributed by atoms with E-state index in [2.05, 4.69) is 5.32 Å². The Labute approximate surface area is 200 Å². The molecule has 1 amide bonds. The maximum atomic E-state index is 12.4. The van der Waals surface area contributed by atoms with Crippen LogP contribution in [0.4, 0.5) is 11.4 Å². The van der Waals surface area contributed by atoms with Crippen molar-refractivity contribution in [3.63, 3.8) is 0 Å². The Bertz CT molecular complexity index is 1230. The molecule has 0 atom stereocenters. The Kier molecular flexibility index (Phi) is 8.00. The zero-order valence-electron chi connectivity index (χ0n) is 18.8. The minimum Gasteiger partial charge on any atom is -0.484 e. The number of carbonyl (C=O) groups excluding carboxylic acids is 1. The third kappa shape index (κ3) is 6.49. The van der Waals surface area contributed by atoms with E-state index in [-0.39, 0.29) is 19.1 Å². The number of hydrogen-bond acceptors (Lipinski definition) is 4. The minimum atomic E-state index is -3.55. The molecule has 1 N–H and O–H groups in total. The Balaban J connectivity index is 1.68. The molecule has 3 aromatic rings. The fourth-order valence-electron chi connectivity index (χ4n) is 3.42. The van der Waals surface area contributed by atoms with Crippen LogP contribution in [0.25, 0.3) is 0 Å². The number of anilines is 2. The number of rotatable bonds is 9. The van der Waals surface area contributed by atoms with Crippen molar-refractivity contribution in [1.82, 2.24) is 0 Å². The molecule has 0 saturated carbocycles. The van der Waals surface area contributed by atoms with Gasteiger partial charge in [0.2, 0.25) is 10.0 Å². The second-order valence-electron chi connectivity index (χ2n) is 7.65. The Hall–Kier alpha value is -3.03. The highest BCUT2D eigenvalue weighted by atomic mass is 35.5. The van der Waals surface area contributed by atoms with Crippen LogP contribution in [0.15, 0.2) is 66.7 Å². The summed E-state index contributed by atoms with van der Waals surface area (Å²) in [6.07, 6.45) is 1.96. The summed E-state index contributed by atoms with van der Waals surface area (Å²) < 4.78 is 31.7. The fraction of sp³-hybridized carbons (Fsp3) is 0.240. The second kappa shape index (κ2) is 10.7. The number of sulfonamides is 1. The van der Waals surface area contributed by atoms with Gasteiger partial charge in [-0.05, 0) is 60.4 Å². The largest absolute Gasteiger partial charge is 0.484 e. The first-order valence-electron chi connectivity index (χ1n) is 10.5. The molecule has 0 unspecified atom stereocenters. The van der Waals surface area contributed by atoms with Crippen molar-refractivity contribution in [2.45, 2.75) is 26.8 Å². The van der Waals surface area contributed by atoms with E-state index in [1.165, 1.54) is 4.31 Å². The van der Waals surface area contributed by atoms with Crippen molar-refractivity contribution in [3.8, 4) is 5.75 Å². The average Bonchev–Trinajstić information content (AvgIpc) is 2.78. The van der Waals surface area contributed by atoms with E-state index < -0.39 is 10.0 Å². The van der Waals surface area contributed by atoms with E-state index >= 15 is 0 Å². The third-order valence-corrected chi connectivity index (χ3v) is 6.68. The maximum Gasteiger partial charge on any atom is 0.262 e. The van der Waals surface area contributed by atoms with Crippen LogP contribution in [0, 0.1) is 6.92 Å². The molecule has 0 aliphatic heterocycles. The predicted octanol–water partition coefficient (Wildman–Crippen LogP) is 5.19. The van der Waals surface area contributed by atoms with Crippen LogP contribution in [-0.4, -0.2) is 27.2 Å². The molecule has 174 valence electrons. The number of amides is 1. The molecule has 0 radical (unpaired) electrons. The van der Waals surface area contributed by atoms with E-state index in [0.29, 0.717) is 22.0 Å². The number of ether oxygens (including phenoxy) is 1. The Morgan fingerprint density at radius 1 is 1.00 bits per heavy atom. The Morgan fingerprint density at radius 3 is 2.30 bits per heavy atom. The number of benzene rings is 3. The molecule has 8 heteroatoms. The second-order valence-corrected chi connectivity index (χ2v) is 9.97. The summed E-state index contributed by atoms with van der Waals surface area (Å²) in [5, 5.41) is 3.42. The van der Waals surface area contributed by atoms with Crippen molar-refractivity contribution in [1.29, 1.82) is 0 Å². The average molecular weight is 487 g/mol. The molecule has 3 aromatic carbocycles. The molecule has 0 fully saturated rings. The van der Waals surface area contributed by atoms with Crippen molar-refractivity contribution in [2.75, 3.05) is 22.5 Å². The number of aryl methyl sites for hydroxylation is 2. The summed E-state index contributed by atoms with van der Waals surface area (Å²) in [6.45, 7) is 3.93. The molecule has 6 nitrogen and oxygen atoms in total. The van der Waals surface area contributed by atoms with Gasteiger partial charge in [0.1, 0.15) is 5.75 Å². The number of carbonyl (C=O) groups is 1. The lowest BCUT2D eigenvalue weighted by molar-refractivity contribution is -0.118. The van der Waals surface area contributed by atoms with Crippen molar-refractivity contribution in [2.24, 2.45) is 0 Å². The topological polar surface area (TPSA) is 75.7 Å². The van der Waals surface area contributed by atoms with Crippen LogP contribution >= 0.6 is 11.6 Å². The first-order chi connectivity index (χ1) is 15.7. The molecular weight excluding hydrogens is 460 g/mol. The summed E-state index contributed by atoms with van der Waals surface area (Å²) in [4.78, 5) is 12.4. The Morgan fingerprint density at radius 2 is 1.67 bits per heavy atom. The third-order valence-electron chi connectivity index (χ3n) is 5.17. The number of hydrogen-bond donors (Lipinski definition) is 1. The van der Waals surface area contributed by atoms with Gasteiger partial charge in [-0.3, -0.25) is 9.10 Å². The molecule has 33 heavy (non-hydrogen) atoms. The number of nitrogens with zero attached hydrogens (tertiary/aromatic N) is 1. The van der Waals surface area contributed by atoms with Crippen molar-refractivity contribution >= 4 is 38.9 Å². The highest BCUT2D eigenvalue weighted by molar-refractivity contribution is 7.92. The van der Waals surface area contributed by atoms with Crippen LogP contribution < -0.4 is 14.4 Å². The predicted molar refractivity (Wildman–Crippen MR) is 134 cm³/mol. The van der Waals surface area contributed by atoms with Gasteiger partial charge in [0, 0.05) is 10.7 Å². The number of nitrogens with one attached hydrogen (secondary N) is 1. The fourth-order valence-corrected chi connectivity index (χ4v) is 4.49. The van der Waals surface area contributed by atoms with E-state index in [1.54, 1.807) is 42.5 Å². The van der Waals surface area contributed by atoms with Gasteiger partial charge in [-0.2, -0.15) is 0 Å². The van der Waals surface area contributed by atoms with E-state index in [4.69, 9.17) is 16.3 Å². The quantitative estimate of drug-likeness (QED) is 0.451. The molecule has 0 heterocycles. The van der Waals surface area contributed by atoms with Gasteiger partial charge in [-0.15, -0.1) is 0 Å². The van der Waals surface area contributed by atoms with Gasteiger partial charge in [-0.25, -0.2) is 8.42 Å². The molecule has 0 bridgehead atoms. The molecule has 0 saturated heterocycles. The van der Waals surface area contributed by atoms with E-state index in [1.807, 2.05) is 38.1 Å². The van der Waals surface area contributed by atoms with Crippen LogP contribution in [-0.2, 0) is 27.8 Å². The number of para-hydroxylation sites is 1. The monoisotopic (exact) mass is 486 g/mol. The van der Waals surface area contributed by atoms with Crippen LogP contribution in [0.2, 0.25) is 5.02 Å². The lowest BCUT2D eigenvalue weighted by Crippen LogP contribution is -2.29. The van der Waals surface area contributed by atoms with Crippen molar-refractivity contribution < 1.29 is 17.9 Å². The maximum absolute atomic E-state index is 12.4. The summed E-state index contributed by atoms with van der Waals surface area (Å²) in [5.41, 5.74) is 4.04.